The first-order valence-corrected chi connectivity index (χ1v) is 8.34. The maximum Gasteiger partial charge on any atom is 0.119 e. The fourth-order valence-corrected chi connectivity index (χ4v) is 2.80. The summed E-state index contributed by atoms with van der Waals surface area (Å²) < 4.78 is 0. The normalized spacial score (nSPS) is 13.3. The molecule has 0 fully saturated rings. The first kappa shape index (κ1) is 17.6. The highest BCUT2D eigenvalue weighted by molar-refractivity contribution is 5.43. The van der Waals surface area contributed by atoms with Crippen molar-refractivity contribution >= 4 is 0 Å². The van der Waals surface area contributed by atoms with Crippen molar-refractivity contribution < 1.29 is 5.11 Å². The average Bonchev–Trinajstić information content (AvgIpc) is 2.50. The van der Waals surface area contributed by atoms with Crippen LogP contribution in [0.2, 0.25) is 0 Å². The third-order valence-electron chi connectivity index (χ3n) is 4.66. The quantitative estimate of drug-likeness (QED) is 0.844. The number of hydrogen-bond acceptors (Lipinski definition) is 2. The summed E-state index contributed by atoms with van der Waals surface area (Å²) in [6, 6.07) is 16.4. The summed E-state index contributed by atoms with van der Waals surface area (Å²) in [7, 11) is 2.16. The van der Waals surface area contributed by atoms with Crippen molar-refractivity contribution in [3.63, 3.8) is 0 Å². The van der Waals surface area contributed by atoms with Gasteiger partial charge in [-0.15, -0.1) is 0 Å². The van der Waals surface area contributed by atoms with Crippen molar-refractivity contribution in [1.29, 1.82) is 0 Å². The molecule has 2 aromatic carbocycles. The average molecular weight is 311 g/mol. The number of phenols is 1. The molecule has 0 spiro atoms. The summed E-state index contributed by atoms with van der Waals surface area (Å²) in [5.41, 5.74) is 3.62. The number of rotatable bonds is 5. The smallest absolute Gasteiger partial charge is 0.119 e. The van der Waals surface area contributed by atoms with Gasteiger partial charge < -0.3 is 10.0 Å². The molecule has 0 radical (unpaired) electrons. The summed E-state index contributed by atoms with van der Waals surface area (Å²) in [5.74, 6) is 0.601. The van der Waals surface area contributed by atoms with Crippen LogP contribution in [-0.4, -0.2) is 29.1 Å². The summed E-state index contributed by atoms with van der Waals surface area (Å²) in [6.07, 6.45) is 0.981. The lowest BCUT2D eigenvalue weighted by Crippen LogP contribution is -2.39. The monoisotopic (exact) mass is 311 g/mol. The molecule has 2 aromatic rings. The van der Waals surface area contributed by atoms with Gasteiger partial charge in [-0.2, -0.15) is 0 Å². The van der Waals surface area contributed by atoms with Crippen molar-refractivity contribution in [3.05, 3.63) is 65.2 Å². The molecular weight excluding hydrogens is 282 g/mol. The van der Waals surface area contributed by atoms with Crippen LogP contribution in [0.25, 0.3) is 0 Å². The van der Waals surface area contributed by atoms with Crippen molar-refractivity contribution in [2.45, 2.75) is 45.6 Å². The van der Waals surface area contributed by atoms with Crippen molar-refractivity contribution in [1.82, 2.24) is 4.90 Å². The lowest BCUT2D eigenvalue weighted by atomic mass is 9.86. The van der Waals surface area contributed by atoms with Crippen molar-refractivity contribution in [3.8, 4) is 5.75 Å². The number of nitrogens with zero attached hydrogens (tertiary/aromatic N) is 1. The fourth-order valence-electron chi connectivity index (χ4n) is 2.80. The summed E-state index contributed by atoms with van der Waals surface area (Å²) >= 11 is 0. The molecule has 0 aliphatic heterocycles. The Hall–Kier alpha value is -1.80. The molecule has 1 atom stereocenters. The Balaban J connectivity index is 2.32. The molecule has 23 heavy (non-hydrogen) atoms. The third-order valence-corrected chi connectivity index (χ3v) is 4.66. The Bertz CT molecular complexity index is 628. The largest absolute Gasteiger partial charge is 0.508 e. The van der Waals surface area contributed by atoms with Gasteiger partial charge >= 0.3 is 0 Å². The molecule has 0 amide bonds. The molecule has 2 rings (SSSR count). The van der Waals surface area contributed by atoms with Gasteiger partial charge in [-0.05, 0) is 59.3 Å². The molecule has 0 bridgehead atoms. The lowest BCUT2D eigenvalue weighted by Gasteiger charge is -2.33. The number of aromatic hydroxyl groups is 1. The molecule has 0 saturated carbocycles. The highest BCUT2D eigenvalue weighted by atomic mass is 16.3. The maximum absolute atomic E-state index is 10.4. The van der Waals surface area contributed by atoms with Gasteiger partial charge in [0.05, 0.1) is 0 Å². The zero-order valence-electron chi connectivity index (χ0n) is 15.0. The van der Waals surface area contributed by atoms with Gasteiger partial charge in [0, 0.05) is 17.0 Å². The molecule has 124 valence electrons. The van der Waals surface area contributed by atoms with Crippen LogP contribution in [0.5, 0.6) is 5.75 Å². The van der Waals surface area contributed by atoms with Crippen LogP contribution in [0.4, 0.5) is 0 Å². The molecule has 2 nitrogen and oxygen atoms in total. The van der Waals surface area contributed by atoms with Gasteiger partial charge in [-0.3, -0.25) is 0 Å². The predicted octanol–water partition coefficient (Wildman–Crippen LogP) is 4.95. The van der Waals surface area contributed by atoms with Crippen LogP contribution in [0.1, 0.15) is 49.8 Å². The minimum absolute atomic E-state index is 0.149. The molecule has 0 unspecified atom stereocenters. The van der Waals surface area contributed by atoms with Crippen molar-refractivity contribution in [2.24, 2.45) is 0 Å². The van der Waals surface area contributed by atoms with E-state index < -0.39 is 0 Å². The maximum atomic E-state index is 10.4. The first-order chi connectivity index (χ1) is 10.8. The summed E-state index contributed by atoms with van der Waals surface area (Å²) in [4.78, 5) is 2.37. The zero-order valence-corrected chi connectivity index (χ0v) is 15.0. The van der Waals surface area contributed by atoms with E-state index in [1.165, 1.54) is 11.1 Å². The molecule has 0 aliphatic carbocycles. The molecule has 0 aromatic heterocycles. The Morgan fingerprint density at radius 3 is 2.30 bits per heavy atom. The molecule has 0 saturated heterocycles. The van der Waals surface area contributed by atoms with E-state index in [0.29, 0.717) is 5.75 Å². The Labute approximate surface area is 140 Å². The lowest BCUT2D eigenvalue weighted by molar-refractivity contribution is 0.171. The van der Waals surface area contributed by atoms with E-state index >= 15 is 0 Å². The van der Waals surface area contributed by atoms with E-state index in [2.05, 4.69) is 70.0 Å². The SMILES string of the molecule is Cc1ccc(O)c([C@H](CCN(C)C(C)(C)C)c2ccccc2)c1. The third kappa shape index (κ3) is 4.59. The topological polar surface area (TPSA) is 23.5 Å². The molecule has 0 aliphatic rings. The van der Waals surface area contributed by atoms with Gasteiger partial charge in [-0.1, -0.05) is 48.0 Å². The summed E-state index contributed by atoms with van der Waals surface area (Å²) in [6.45, 7) is 9.75. The fraction of sp³-hybridized carbons (Fsp3) is 0.429. The number of hydrogen-bond donors (Lipinski definition) is 1. The number of phenolic OH excluding ortho intramolecular Hbond substituents is 1. The predicted molar refractivity (Wildman–Crippen MR) is 98.1 cm³/mol. The Morgan fingerprint density at radius 2 is 1.70 bits per heavy atom. The molecule has 0 heterocycles. The van der Waals surface area contributed by atoms with Crippen molar-refractivity contribution in [2.75, 3.05) is 13.6 Å². The van der Waals surface area contributed by atoms with Gasteiger partial charge in [0.25, 0.3) is 0 Å². The van der Waals surface area contributed by atoms with E-state index in [0.717, 1.165) is 18.5 Å². The second-order valence-corrected chi connectivity index (χ2v) is 7.41. The highest BCUT2D eigenvalue weighted by Gasteiger charge is 2.22. The van der Waals surface area contributed by atoms with E-state index in [-0.39, 0.29) is 11.5 Å². The van der Waals surface area contributed by atoms with Gasteiger partial charge in [0.2, 0.25) is 0 Å². The Kier molecular flexibility index (Phi) is 5.48. The van der Waals surface area contributed by atoms with Crippen LogP contribution in [0.3, 0.4) is 0 Å². The highest BCUT2D eigenvalue weighted by Crippen LogP contribution is 2.35. The second-order valence-electron chi connectivity index (χ2n) is 7.41. The van der Waals surface area contributed by atoms with E-state index in [9.17, 15) is 5.11 Å². The number of aryl methyl sites for hydroxylation is 1. The second kappa shape index (κ2) is 7.18. The van der Waals surface area contributed by atoms with Crippen LogP contribution >= 0.6 is 0 Å². The number of benzene rings is 2. The van der Waals surface area contributed by atoms with E-state index in [1.807, 2.05) is 18.2 Å². The van der Waals surface area contributed by atoms with Gasteiger partial charge in [0.1, 0.15) is 5.75 Å². The minimum Gasteiger partial charge on any atom is -0.508 e. The van der Waals surface area contributed by atoms with Crippen LogP contribution in [-0.2, 0) is 0 Å². The molecular formula is C21H29NO. The van der Waals surface area contributed by atoms with Crippen LogP contribution < -0.4 is 0 Å². The van der Waals surface area contributed by atoms with Crippen LogP contribution in [0, 0.1) is 6.92 Å². The van der Waals surface area contributed by atoms with E-state index in [4.69, 9.17) is 0 Å². The van der Waals surface area contributed by atoms with Gasteiger partial charge in [0.15, 0.2) is 0 Å². The van der Waals surface area contributed by atoms with Gasteiger partial charge in [-0.25, -0.2) is 0 Å². The zero-order chi connectivity index (χ0) is 17.0. The summed E-state index contributed by atoms with van der Waals surface area (Å²) in [5, 5.41) is 10.4. The minimum atomic E-state index is 0.149. The molecule has 1 N–H and O–H groups in total. The Morgan fingerprint density at radius 1 is 1.04 bits per heavy atom. The standard InChI is InChI=1S/C21H29NO/c1-16-11-12-20(23)19(15-16)18(17-9-7-6-8-10-17)13-14-22(5)21(2,3)4/h6-12,15,18,23H,13-14H2,1-5H3/t18-/m1/s1. The molecule has 2 heteroatoms. The first-order valence-electron chi connectivity index (χ1n) is 8.34. The van der Waals surface area contributed by atoms with Crippen LogP contribution in [0.15, 0.2) is 48.5 Å². The van der Waals surface area contributed by atoms with E-state index in [1.54, 1.807) is 0 Å².